The highest BCUT2D eigenvalue weighted by Crippen LogP contribution is 2.33. The fourth-order valence-electron chi connectivity index (χ4n) is 3.57. The van der Waals surface area contributed by atoms with Gasteiger partial charge in [0.15, 0.2) is 11.8 Å². The predicted octanol–water partition coefficient (Wildman–Crippen LogP) is 3.73. The summed E-state index contributed by atoms with van der Waals surface area (Å²) >= 11 is 0. The molecule has 29 heavy (non-hydrogen) atoms. The maximum Gasteiger partial charge on any atom is 0.269 e. The van der Waals surface area contributed by atoms with Crippen LogP contribution in [0, 0.1) is 5.21 Å². The topological polar surface area (TPSA) is 78.9 Å². The molecule has 0 radical (unpaired) electrons. The second-order valence-corrected chi connectivity index (χ2v) is 8.42. The van der Waals surface area contributed by atoms with E-state index in [1.807, 2.05) is 24.3 Å². The quantitative estimate of drug-likeness (QED) is 0.341. The molecule has 0 spiro atoms. The van der Waals surface area contributed by atoms with Crippen LogP contribution in [0.25, 0.3) is 33.1 Å². The average Bonchev–Trinajstić information content (AvgIpc) is 3.14. The SMILES string of the molecule is O=S(=O)(c1ccccc1)n1cc(-c2c3ccccc3cc[n+]2[O-])c2cccnc21. The van der Waals surface area contributed by atoms with Crippen molar-refractivity contribution in [2.45, 2.75) is 4.90 Å². The third kappa shape index (κ3) is 2.67. The molecular formula is C22H15N3O3S. The number of aromatic nitrogens is 3. The molecule has 7 heteroatoms. The van der Waals surface area contributed by atoms with Gasteiger partial charge in [-0.2, -0.15) is 4.73 Å². The van der Waals surface area contributed by atoms with Crippen molar-refractivity contribution in [3.63, 3.8) is 0 Å². The Morgan fingerprint density at radius 1 is 0.862 bits per heavy atom. The number of rotatable bonds is 3. The van der Waals surface area contributed by atoms with E-state index in [2.05, 4.69) is 4.98 Å². The van der Waals surface area contributed by atoms with E-state index in [4.69, 9.17) is 0 Å². The average molecular weight is 401 g/mol. The van der Waals surface area contributed by atoms with Gasteiger partial charge in [0.05, 0.1) is 15.8 Å². The molecule has 0 amide bonds. The van der Waals surface area contributed by atoms with Crippen molar-refractivity contribution in [1.29, 1.82) is 0 Å². The Hall–Kier alpha value is -3.71. The van der Waals surface area contributed by atoms with Gasteiger partial charge in [0, 0.05) is 23.8 Å². The van der Waals surface area contributed by atoms with Gasteiger partial charge in [0.25, 0.3) is 10.0 Å². The summed E-state index contributed by atoms with van der Waals surface area (Å²) < 4.78 is 28.5. The van der Waals surface area contributed by atoms with Crippen molar-refractivity contribution >= 4 is 31.8 Å². The highest BCUT2D eigenvalue weighted by molar-refractivity contribution is 7.90. The zero-order valence-corrected chi connectivity index (χ0v) is 16.0. The maximum atomic E-state index is 13.3. The largest absolute Gasteiger partial charge is 0.618 e. The van der Waals surface area contributed by atoms with Crippen LogP contribution in [0.1, 0.15) is 0 Å². The molecule has 0 unspecified atom stereocenters. The molecule has 3 aromatic heterocycles. The minimum absolute atomic E-state index is 0.155. The molecular weight excluding hydrogens is 386 g/mol. The lowest BCUT2D eigenvalue weighted by molar-refractivity contribution is -0.592. The van der Waals surface area contributed by atoms with E-state index in [0.717, 1.165) is 19.5 Å². The van der Waals surface area contributed by atoms with Crippen molar-refractivity contribution in [2.24, 2.45) is 0 Å². The first-order valence-corrected chi connectivity index (χ1v) is 10.4. The van der Waals surface area contributed by atoms with E-state index < -0.39 is 10.0 Å². The van der Waals surface area contributed by atoms with E-state index in [1.165, 1.54) is 30.7 Å². The zero-order valence-electron chi connectivity index (χ0n) is 15.1. The van der Waals surface area contributed by atoms with Crippen molar-refractivity contribution in [3.8, 4) is 11.3 Å². The molecule has 142 valence electrons. The Morgan fingerprint density at radius 2 is 1.59 bits per heavy atom. The Kier molecular flexibility index (Phi) is 3.85. The van der Waals surface area contributed by atoms with Crippen molar-refractivity contribution in [1.82, 2.24) is 8.96 Å². The van der Waals surface area contributed by atoms with Gasteiger partial charge < -0.3 is 5.21 Å². The van der Waals surface area contributed by atoms with Gasteiger partial charge in [-0.15, -0.1) is 0 Å². The second-order valence-electron chi connectivity index (χ2n) is 6.61. The molecule has 0 aliphatic rings. The molecule has 0 aliphatic heterocycles. The third-order valence-electron chi connectivity index (χ3n) is 4.91. The molecule has 0 bridgehead atoms. The Balaban J connectivity index is 1.87. The fourth-order valence-corrected chi connectivity index (χ4v) is 4.92. The highest BCUT2D eigenvalue weighted by Gasteiger charge is 2.26. The Bertz CT molecular complexity index is 1480. The number of benzene rings is 2. The number of hydrogen-bond donors (Lipinski definition) is 0. The van der Waals surface area contributed by atoms with Gasteiger partial charge in [-0.3, -0.25) is 0 Å². The smallest absolute Gasteiger partial charge is 0.269 e. The summed E-state index contributed by atoms with van der Waals surface area (Å²) in [6.45, 7) is 0. The van der Waals surface area contributed by atoms with E-state index in [9.17, 15) is 13.6 Å². The normalized spacial score (nSPS) is 11.9. The van der Waals surface area contributed by atoms with E-state index in [1.54, 1.807) is 36.4 Å². The summed E-state index contributed by atoms with van der Waals surface area (Å²) in [5.74, 6) is 0. The van der Waals surface area contributed by atoms with Crippen LogP contribution in [0.5, 0.6) is 0 Å². The summed E-state index contributed by atoms with van der Waals surface area (Å²) in [7, 11) is -3.88. The lowest BCUT2D eigenvalue weighted by Gasteiger charge is -2.07. The van der Waals surface area contributed by atoms with E-state index >= 15 is 0 Å². The first kappa shape index (κ1) is 17.4. The fraction of sp³-hybridized carbons (Fsp3) is 0. The van der Waals surface area contributed by atoms with Crippen LogP contribution < -0.4 is 4.73 Å². The number of nitrogens with zero attached hydrogens (tertiary/aromatic N) is 3. The van der Waals surface area contributed by atoms with Gasteiger partial charge in [0.1, 0.15) is 0 Å². The molecule has 5 aromatic rings. The summed E-state index contributed by atoms with van der Waals surface area (Å²) in [4.78, 5) is 4.46. The molecule has 0 aliphatic carbocycles. The summed E-state index contributed by atoms with van der Waals surface area (Å²) in [5, 5.41) is 15.0. The monoisotopic (exact) mass is 401 g/mol. The van der Waals surface area contributed by atoms with Gasteiger partial charge >= 0.3 is 0 Å². The van der Waals surface area contributed by atoms with Crippen LogP contribution in [-0.2, 0) is 10.0 Å². The molecule has 0 saturated carbocycles. The maximum absolute atomic E-state index is 13.3. The molecule has 0 saturated heterocycles. The minimum atomic E-state index is -3.88. The van der Waals surface area contributed by atoms with Crippen LogP contribution in [-0.4, -0.2) is 17.4 Å². The molecule has 6 nitrogen and oxygen atoms in total. The van der Waals surface area contributed by atoms with Crippen LogP contribution in [0.3, 0.4) is 0 Å². The van der Waals surface area contributed by atoms with Crippen LogP contribution in [0.15, 0.2) is 96.3 Å². The lowest BCUT2D eigenvalue weighted by Crippen LogP contribution is -2.28. The van der Waals surface area contributed by atoms with Gasteiger partial charge in [0.2, 0.25) is 5.69 Å². The molecule has 2 aromatic carbocycles. The molecule has 0 N–H and O–H groups in total. The lowest BCUT2D eigenvalue weighted by atomic mass is 10.0. The van der Waals surface area contributed by atoms with E-state index in [0.29, 0.717) is 16.6 Å². The van der Waals surface area contributed by atoms with Crippen LogP contribution >= 0.6 is 0 Å². The van der Waals surface area contributed by atoms with Crippen molar-refractivity contribution < 1.29 is 13.1 Å². The van der Waals surface area contributed by atoms with Crippen molar-refractivity contribution in [3.05, 3.63) is 96.6 Å². The molecule has 5 rings (SSSR count). The van der Waals surface area contributed by atoms with Crippen LogP contribution in [0.4, 0.5) is 0 Å². The summed E-state index contributed by atoms with van der Waals surface area (Å²) in [6.07, 6.45) is 4.45. The summed E-state index contributed by atoms with van der Waals surface area (Å²) in [6, 6.07) is 20.9. The van der Waals surface area contributed by atoms with Crippen LogP contribution in [0.2, 0.25) is 0 Å². The van der Waals surface area contributed by atoms with Gasteiger partial charge in [-0.05, 0) is 35.7 Å². The predicted molar refractivity (Wildman–Crippen MR) is 111 cm³/mol. The molecule has 0 atom stereocenters. The number of hydrogen-bond acceptors (Lipinski definition) is 4. The number of pyridine rings is 2. The Labute approximate surface area is 166 Å². The Morgan fingerprint density at radius 3 is 2.41 bits per heavy atom. The third-order valence-corrected chi connectivity index (χ3v) is 6.58. The first-order chi connectivity index (χ1) is 14.1. The number of fused-ring (bicyclic) bond motifs is 2. The van der Waals surface area contributed by atoms with E-state index in [-0.39, 0.29) is 10.5 Å². The van der Waals surface area contributed by atoms with Gasteiger partial charge in [-0.1, -0.05) is 36.4 Å². The highest BCUT2D eigenvalue weighted by atomic mass is 32.2. The molecule has 0 fully saturated rings. The first-order valence-electron chi connectivity index (χ1n) is 8.95. The molecule has 3 heterocycles. The summed E-state index contributed by atoms with van der Waals surface area (Å²) in [5.41, 5.74) is 1.18. The van der Waals surface area contributed by atoms with Crippen molar-refractivity contribution in [2.75, 3.05) is 0 Å². The minimum Gasteiger partial charge on any atom is -0.618 e. The second kappa shape index (κ2) is 6.42. The standard InChI is InChI=1S/C22H15N3O3S/c26-24-14-12-16-7-4-5-10-18(16)21(24)20-15-25(22-19(20)11-6-13-23-22)29(27,28)17-8-2-1-3-9-17/h1-15H. The zero-order chi connectivity index (χ0) is 20.0. The van der Waals surface area contributed by atoms with Gasteiger partial charge in [-0.25, -0.2) is 17.4 Å².